The van der Waals surface area contributed by atoms with E-state index in [9.17, 15) is 0 Å². The van der Waals surface area contributed by atoms with Crippen LogP contribution in [0, 0.1) is 11.3 Å². The van der Waals surface area contributed by atoms with Crippen LogP contribution in [0.5, 0.6) is 0 Å². The molecule has 2 unspecified atom stereocenters. The van der Waals surface area contributed by atoms with Gasteiger partial charge in [-0.3, -0.25) is 4.99 Å². The lowest BCUT2D eigenvalue weighted by atomic mass is 9.78. The second-order valence-electron chi connectivity index (χ2n) is 8.25. The summed E-state index contributed by atoms with van der Waals surface area (Å²) in [6.07, 6.45) is 6.17. The fourth-order valence-electron chi connectivity index (χ4n) is 4.04. The van der Waals surface area contributed by atoms with Crippen molar-refractivity contribution in [3.63, 3.8) is 0 Å². The van der Waals surface area contributed by atoms with Gasteiger partial charge in [-0.05, 0) is 60.8 Å². The number of nitrogens with one attached hydrogen (secondary N) is 1. The van der Waals surface area contributed by atoms with Crippen LogP contribution in [0.3, 0.4) is 0 Å². The Kier molecular flexibility index (Phi) is 7.14. The third kappa shape index (κ3) is 5.33. The maximum Gasteiger partial charge on any atom is 0.193 e. The molecule has 1 saturated heterocycles. The van der Waals surface area contributed by atoms with Gasteiger partial charge in [0.25, 0.3) is 0 Å². The fraction of sp³-hybridized carbons (Fsp3) is 0.650. The Bertz CT molecular complexity index is 609. The van der Waals surface area contributed by atoms with Crippen LogP contribution < -0.4 is 11.1 Å². The molecule has 2 atom stereocenters. The zero-order valence-electron chi connectivity index (χ0n) is 15.7. The molecule has 1 aliphatic heterocycles. The normalized spacial score (nSPS) is 23.7. The molecule has 1 aliphatic carbocycles. The van der Waals surface area contributed by atoms with E-state index in [1.165, 1.54) is 30.4 Å². The van der Waals surface area contributed by atoms with Gasteiger partial charge < -0.3 is 15.8 Å². The maximum atomic E-state index is 6.12. The third-order valence-electron chi connectivity index (χ3n) is 5.17. The van der Waals surface area contributed by atoms with Crippen molar-refractivity contribution >= 4 is 35.6 Å². The van der Waals surface area contributed by atoms with Gasteiger partial charge in [-0.25, -0.2) is 0 Å². The van der Waals surface area contributed by atoms with Crippen molar-refractivity contribution in [2.75, 3.05) is 18.5 Å². The highest BCUT2D eigenvalue weighted by Gasteiger charge is 2.35. The molecule has 0 bridgehead atoms. The first-order valence-corrected chi connectivity index (χ1v) is 9.24. The highest BCUT2D eigenvalue weighted by atomic mass is 127. The van der Waals surface area contributed by atoms with Crippen LogP contribution in [0.2, 0.25) is 0 Å². The minimum Gasteiger partial charge on any atom is -0.377 e. The molecule has 0 radical (unpaired) electrons. The maximum absolute atomic E-state index is 6.12. The minimum absolute atomic E-state index is 0. The van der Waals surface area contributed by atoms with E-state index >= 15 is 0 Å². The van der Waals surface area contributed by atoms with Crippen molar-refractivity contribution in [1.29, 1.82) is 0 Å². The molecule has 0 spiro atoms. The highest BCUT2D eigenvalue weighted by molar-refractivity contribution is 14.0. The standard InChI is InChI=1S/C20H31N3O.HI/c1-20(2,3)18-16(8-5-11-24-18)13-22-19(21)23-17-10-9-14-6-4-7-15(14)12-17;/h9-10,12,16,18H,4-8,11,13H2,1-3H3,(H3,21,22,23);1H. The number of benzene rings is 1. The molecule has 1 heterocycles. The number of hydrogen-bond acceptors (Lipinski definition) is 2. The van der Waals surface area contributed by atoms with E-state index in [0.29, 0.717) is 11.9 Å². The second-order valence-corrected chi connectivity index (χ2v) is 8.25. The van der Waals surface area contributed by atoms with Gasteiger partial charge in [0.1, 0.15) is 0 Å². The summed E-state index contributed by atoms with van der Waals surface area (Å²) in [5, 5.41) is 3.25. The number of nitrogens with two attached hydrogens (primary N) is 1. The molecule has 1 aromatic rings. The topological polar surface area (TPSA) is 59.6 Å². The average molecular weight is 457 g/mol. The predicted molar refractivity (Wildman–Crippen MR) is 116 cm³/mol. The van der Waals surface area contributed by atoms with Crippen LogP contribution in [0.1, 0.15) is 51.2 Å². The molecule has 1 aromatic carbocycles. The molecule has 0 amide bonds. The molecule has 3 N–H and O–H groups in total. The lowest BCUT2D eigenvalue weighted by Crippen LogP contribution is -2.41. The van der Waals surface area contributed by atoms with Crippen LogP contribution in [-0.4, -0.2) is 25.2 Å². The van der Waals surface area contributed by atoms with E-state index in [1.807, 2.05) is 0 Å². The SMILES string of the molecule is CC(C)(C)C1OCCCC1CN=C(N)Nc1ccc2c(c1)CCC2.I. The quantitative estimate of drug-likeness (QED) is 0.403. The summed E-state index contributed by atoms with van der Waals surface area (Å²) in [6, 6.07) is 6.53. The van der Waals surface area contributed by atoms with Crippen molar-refractivity contribution in [2.24, 2.45) is 22.1 Å². The van der Waals surface area contributed by atoms with E-state index in [1.54, 1.807) is 0 Å². The van der Waals surface area contributed by atoms with Crippen molar-refractivity contribution in [2.45, 2.75) is 59.0 Å². The summed E-state index contributed by atoms with van der Waals surface area (Å²) in [5.74, 6) is 0.949. The average Bonchev–Trinajstić information content (AvgIpc) is 3.00. The van der Waals surface area contributed by atoms with Gasteiger partial charge in [-0.15, -0.1) is 24.0 Å². The highest BCUT2D eigenvalue weighted by Crippen LogP contribution is 2.34. The Morgan fingerprint density at radius 1 is 1.24 bits per heavy atom. The summed E-state index contributed by atoms with van der Waals surface area (Å²) in [5.41, 5.74) is 10.2. The Labute approximate surface area is 169 Å². The lowest BCUT2D eigenvalue weighted by molar-refractivity contribution is -0.0823. The third-order valence-corrected chi connectivity index (χ3v) is 5.17. The van der Waals surface area contributed by atoms with Gasteiger partial charge >= 0.3 is 0 Å². The monoisotopic (exact) mass is 457 g/mol. The van der Waals surface area contributed by atoms with E-state index in [4.69, 9.17) is 10.5 Å². The van der Waals surface area contributed by atoms with E-state index in [0.717, 1.165) is 31.7 Å². The largest absolute Gasteiger partial charge is 0.377 e. The molecule has 25 heavy (non-hydrogen) atoms. The number of guanidine groups is 1. The van der Waals surface area contributed by atoms with Gasteiger partial charge in [0.05, 0.1) is 6.10 Å². The number of ether oxygens (including phenoxy) is 1. The van der Waals surface area contributed by atoms with Gasteiger partial charge in [-0.2, -0.15) is 0 Å². The van der Waals surface area contributed by atoms with Crippen molar-refractivity contribution < 1.29 is 4.74 Å². The zero-order valence-corrected chi connectivity index (χ0v) is 18.0. The molecule has 3 rings (SSSR count). The first kappa shape index (κ1) is 20.5. The second kappa shape index (κ2) is 8.71. The lowest BCUT2D eigenvalue weighted by Gasteiger charge is -2.39. The molecule has 4 nitrogen and oxygen atoms in total. The van der Waals surface area contributed by atoms with Crippen LogP contribution in [0.15, 0.2) is 23.2 Å². The molecule has 5 heteroatoms. The number of rotatable bonds is 3. The minimum atomic E-state index is 0. The number of fused-ring (bicyclic) bond motifs is 1. The molecule has 1 fully saturated rings. The van der Waals surface area contributed by atoms with Gasteiger partial charge in [0.15, 0.2) is 5.96 Å². The van der Waals surface area contributed by atoms with Crippen LogP contribution in [-0.2, 0) is 17.6 Å². The Hall–Kier alpha value is -0.820. The van der Waals surface area contributed by atoms with Crippen LogP contribution >= 0.6 is 24.0 Å². The molecule has 0 saturated carbocycles. The smallest absolute Gasteiger partial charge is 0.193 e. The molecular weight excluding hydrogens is 425 g/mol. The van der Waals surface area contributed by atoms with Gasteiger partial charge in [-0.1, -0.05) is 26.8 Å². The Balaban J connectivity index is 0.00000225. The number of hydrogen-bond donors (Lipinski definition) is 2. The summed E-state index contributed by atoms with van der Waals surface area (Å²) < 4.78 is 6.03. The molecule has 140 valence electrons. The predicted octanol–water partition coefficient (Wildman–Crippen LogP) is 4.36. The first-order valence-electron chi connectivity index (χ1n) is 9.24. The van der Waals surface area contributed by atoms with Gasteiger partial charge in [0, 0.05) is 24.8 Å². The number of halogens is 1. The number of aryl methyl sites for hydroxylation is 2. The molecule has 2 aliphatic rings. The van der Waals surface area contributed by atoms with Crippen molar-refractivity contribution in [3.8, 4) is 0 Å². The van der Waals surface area contributed by atoms with Crippen LogP contribution in [0.4, 0.5) is 5.69 Å². The van der Waals surface area contributed by atoms with Crippen LogP contribution in [0.25, 0.3) is 0 Å². The first-order chi connectivity index (χ1) is 11.4. The van der Waals surface area contributed by atoms with Crippen molar-refractivity contribution in [1.82, 2.24) is 0 Å². The number of nitrogens with zero attached hydrogens (tertiary/aromatic N) is 1. The summed E-state index contributed by atoms with van der Waals surface area (Å²) in [7, 11) is 0. The summed E-state index contributed by atoms with van der Waals surface area (Å²) in [4.78, 5) is 4.60. The Morgan fingerprint density at radius 2 is 2.00 bits per heavy atom. The summed E-state index contributed by atoms with van der Waals surface area (Å²) in [6.45, 7) is 8.32. The van der Waals surface area contributed by atoms with E-state index in [2.05, 4.69) is 49.3 Å². The number of aliphatic imine (C=N–C) groups is 1. The molecule has 0 aromatic heterocycles. The van der Waals surface area contributed by atoms with E-state index < -0.39 is 0 Å². The molecular formula is C20H32IN3O. The number of anilines is 1. The van der Waals surface area contributed by atoms with E-state index in [-0.39, 0.29) is 35.5 Å². The summed E-state index contributed by atoms with van der Waals surface area (Å²) >= 11 is 0. The fourth-order valence-corrected chi connectivity index (χ4v) is 4.04. The Morgan fingerprint density at radius 3 is 2.76 bits per heavy atom. The van der Waals surface area contributed by atoms with Gasteiger partial charge in [0.2, 0.25) is 0 Å². The van der Waals surface area contributed by atoms with Crippen molar-refractivity contribution in [3.05, 3.63) is 29.3 Å². The zero-order chi connectivity index (χ0) is 17.2.